The third kappa shape index (κ3) is 6.53. The van der Waals surface area contributed by atoms with Gasteiger partial charge < -0.3 is 15.0 Å². The number of likely N-dealkylation sites (N-methyl/N-ethyl adjacent to an activating group) is 1. The van der Waals surface area contributed by atoms with E-state index >= 15 is 0 Å². The summed E-state index contributed by atoms with van der Waals surface area (Å²) >= 11 is 0. The molecule has 2 rings (SSSR count). The Kier molecular flexibility index (Phi) is 7.38. The maximum Gasteiger partial charge on any atom is 0.185 e. The van der Waals surface area contributed by atoms with Crippen LogP contribution in [0.5, 0.6) is 5.75 Å². The van der Waals surface area contributed by atoms with Crippen molar-refractivity contribution in [3.63, 3.8) is 0 Å². The SMILES string of the molecule is COc1ccc(C=CC(=O)c2ccc(CNCCN(C)C)cc2)cc1. The van der Waals surface area contributed by atoms with Crippen LogP contribution in [0.25, 0.3) is 6.08 Å². The van der Waals surface area contributed by atoms with Gasteiger partial charge in [-0.05, 0) is 43.4 Å². The molecule has 2 aromatic carbocycles. The molecule has 0 saturated carbocycles. The van der Waals surface area contributed by atoms with Gasteiger partial charge in [0, 0.05) is 25.2 Å². The Morgan fingerprint density at radius 2 is 1.76 bits per heavy atom. The van der Waals surface area contributed by atoms with E-state index in [2.05, 4.69) is 24.3 Å². The van der Waals surface area contributed by atoms with Gasteiger partial charge in [0.2, 0.25) is 0 Å². The van der Waals surface area contributed by atoms with E-state index in [1.807, 2.05) is 54.6 Å². The lowest BCUT2D eigenvalue weighted by atomic mass is 10.1. The number of hydrogen-bond acceptors (Lipinski definition) is 4. The Morgan fingerprint density at radius 1 is 1.08 bits per heavy atom. The molecule has 4 heteroatoms. The van der Waals surface area contributed by atoms with Crippen molar-refractivity contribution in [3.8, 4) is 5.75 Å². The Morgan fingerprint density at radius 3 is 2.36 bits per heavy atom. The average molecular weight is 338 g/mol. The fraction of sp³-hybridized carbons (Fsp3) is 0.286. The fourth-order valence-electron chi connectivity index (χ4n) is 2.31. The summed E-state index contributed by atoms with van der Waals surface area (Å²) in [6, 6.07) is 15.3. The summed E-state index contributed by atoms with van der Waals surface area (Å²) < 4.78 is 5.12. The Balaban J connectivity index is 1.87. The minimum Gasteiger partial charge on any atom is -0.497 e. The monoisotopic (exact) mass is 338 g/mol. The van der Waals surface area contributed by atoms with Gasteiger partial charge in [-0.3, -0.25) is 4.79 Å². The number of benzene rings is 2. The van der Waals surface area contributed by atoms with Crippen molar-refractivity contribution < 1.29 is 9.53 Å². The Bertz CT molecular complexity index is 689. The van der Waals surface area contributed by atoms with E-state index in [0.717, 1.165) is 30.9 Å². The summed E-state index contributed by atoms with van der Waals surface area (Å²) in [6.07, 6.45) is 3.42. The van der Waals surface area contributed by atoms with E-state index in [1.54, 1.807) is 13.2 Å². The van der Waals surface area contributed by atoms with Crippen LogP contribution in [0.1, 0.15) is 21.5 Å². The molecule has 0 radical (unpaired) electrons. The summed E-state index contributed by atoms with van der Waals surface area (Å²) in [5.74, 6) is 0.807. The molecule has 0 saturated heterocycles. The molecule has 0 unspecified atom stereocenters. The van der Waals surface area contributed by atoms with Gasteiger partial charge in [-0.2, -0.15) is 0 Å². The maximum atomic E-state index is 12.3. The summed E-state index contributed by atoms with van der Waals surface area (Å²) in [5, 5.41) is 3.39. The van der Waals surface area contributed by atoms with Crippen LogP contribution in [0, 0.1) is 0 Å². The highest BCUT2D eigenvalue weighted by Crippen LogP contribution is 2.13. The number of methoxy groups -OCH3 is 1. The lowest BCUT2D eigenvalue weighted by Crippen LogP contribution is -2.26. The first-order valence-corrected chi connectivity index (χ1v) is 8.39. The summed E-state index contributed by atoms with van der Waals surface area (Å²) in [6.45, 7) is 2.76. The zero-order valence-electron chi connectivity index (χ0n) is 15.2. The molecule has 2 aromatic rings. The minimum absolute atomic E-state index is 0.00272. The van der Waals surface area contributed by atoms with E-state index in [4.69, 9.17) is 4.74 Å². The standard InChI is InChI=1S/C21H26N2O2/c1-23(2)15-14-22-16-18-4-9-19(10-5-18)21(24)13-8-17-6-11-20(25-3)12-7-17/h4-13,22H,14-16H2,1-3H3. The molecule has 25 heavy (non-hydrogen) atoms. The van der Waals surface area contributed by atoms with E-state index in [1.165, 1.54) is 5.56 Å². The second kappa shape index (κ2) is 9.77. The fourth-order valence-corrected chi connectivity index (χ4v) is 2.31. The number of rotatable bonds is 9. The van der Waals surface area contributed by atoms with Crippen molar-refractivity contribution in [2.24, 2.45) is 0 Å². The molecule has 1 N–H and O–H groups in total. The third-order valence-electron chi connectivity index (χ3n) is 3.85. The van der Waals surface area contributed by atoms with Gasteiger partial charge >= 0.3 is 0 Å². The largest absolute Gasteiger partial charge is 0.497 e. The minimum atomic E-state index is 0.00272. The van der Waals surface area contributed by atoms with Gasteiger partial charge in [-0.25, -0.2) is 0 Å². The number of nitrogens with zero attached hydrogens (tertiary/aromatic N) is 1. The van der Waals surface area contributed by atoms with Crippen LogP contribution >= 0.6 is 0 Å². The summed E-state index contributed by atoms with van der Waals surface area (Å²) in [5.41, 5.74) is 2.84. The lowest BCUT2D eigenvalue weighted by molar-refractivity contribution is 0.104. The molecule has 0 amide bonds. The average Bonchev–Trinajstić information content (AvgIpc) is 2.64. The number of carbonyl (C=O) groups excluding carboxylic acids is 1. The van der Waals surface area contributed by atoms with Crippen molar-refractivity contribution in [2.75, 3.05) is 34.3 Å². The molecule has 4 nitrogen and oxygen atoms in total. The van der Waals surface area contributed by atoms with Crippen molar-refractivity contribution in [3.05, 3.63) is 71.3 Å². The molecule has 0 fully saturated rings. The first-order chi connectivity index (χ1) is 12.1. The van der Waals surface area contributed by atoms with Crippen LogP contribution in [0.15, 0.2) is 54.6 Å². The van der Waals surface area contributed by atoms with Gasteiger partial charge in [-0.1, -0.05) is 42.5 Å². The normalized spacial score (nSPS) is 11.2. The smallest absolute Gasteiger partial charge is 0.185 e. The van der Waals surface area contributed by atoms with Crippen LogP contribution in [-0.4, -0.2) is 45.0 Å². The highest BCUT2D eigenvalue weighted by Gasteiger charge is 2.02. The van der Waals surface area contributed by atoms with E-state index in [9.17, 15) is 4.79 Å². The van der Waals surface area contributed by atoms with Crippen LogP contribution in [0.4, 0.5) is 0 Å². The summed E-state index contributed by atoms with van der Waals surface area (Å²) in [4.78, 5) is 14.4. The van der Waals surface area contributed by atoms with Gasteiger partial charge in [0.1, 0.15) is 5.75 Å². The summed E-state index contributed by atoms with van der Waals surface area (Å²) in [7, 11) is 5.75. The molecule has 0 aliphatic heterocycles. The number of allylic oxidation sites excluding steroid dienone is 1. The molecular formula is C21H26N2O2. The van der Waals surface area contributed by atoms with Gasteiger partial charge in [-0.15, -0.1) is 0 Å². The Labute approximate surface area is 150 Å². The predicted molar refractivity (Wildman–Crippen MR) is 103 cm³/mol. The van der Waals surface area contributed by atoms with Gasteiger partial charge in [0.05, 0.1) is 7.11 Å². The van der Waals surface area contributed by atoms with Crippen molar-refractivity contribution in [1.29, 1.82) is 0 Å². The van der Waals surface area contributed by atoms with E-state index < -0.39 is 0 Å². The van der Waals surface area contributed by atoms with Crippen LogP contribution in [0.3, 0.4) is 0 Å². The van der Waals surface area contributed by atoms with Gasteiger partial charge in [0.25, 0.3) is 0 Å². The van der Waals surface area contributed by atoms with Crippen LogP contribution in [0.2, 0.25) is 0 Å². The molecule has 0 aliphatic carbocycles. The van der Waals surface area contributed by atoms with Crippen LogP contribution < -0.4 is 10.1 Å². The zero-order chi connectivity index (χ0) is 18.1. The quantitative estimate of drug-likeness (QED) is 0.433. The van der Waals surface area contributed by atoms with Crippen molar-refractivity contribution >= 4 is 11.9 Å². The topological polar surface area (TPSA) is 41.6 Å². The number of ether oxygens (including phenoxy) is 1. The maximum absolute atomic E-state index is 12.3. The van der Waals surface area contributed by atoms with E-state index in [0.29, 0.717) is 5.56 Å². The molecule has 0 aromatic heterocycles. The number of carbonyl (C=O) groups is 1. The molecule has 0 heterocycles. The van der Waals surface area contributed by atoms with Crippen molar-refractivity contribution in [2.45, 2.75) is 6.54 Å². The lowest BCUT2D eigenvalue weighted by Gasteiger charge is -2.10. The molecule has 132 valence electrons. The van der Waals surface area contributed by atoms with Crippen molar-refractivity contribution in [1.82, 2.24) is 10.2 Å². The molecule has 0 aliphatic rings. The van der Waals surface area contributed by atoms with Gasteiger partial charge in [0.15, 0.2) is 5.78 Å². The number of ketones is 1. The third-order valence-corrected chi connectivity index (χ3v) is 3.85. The highest BCUT2D eigenvalue weighted by molar-refractivity contribution is 6.06. The van der Waals surface area contributed by atoms with Crippen LogP contribution in [-0.2, 0) is 6.54 Å². The first kappa shape index (κ1) is 18.9. The highest BCUT2D eigenvalue weighted by atomic mass is 16.5. The second-order valence-corrected chi connectivity index (χ2v) is 6.15. The molecular weight excluding hydrogens is 312 g/mol. The number of hydrogen-bond donors (Lipinski definition) is 1. The first-order valence-electron chi connectivity index (χ1n) is 8.39. The predicted octanol–water partition coefficient (Wildman–Crippen LogP) is 3.24. The zero-order valence-corrected chi connectivity index (χ0v) is 15.2. The number of nitrogens with one attached hydrogen (secondary N) is 1. The molecule has 0 bridgehead atoms. The molecule has 0 spiro atoms. The molecule has 0 atom stereocenters. The van der Waals surface area contributed by atoms with E-state index in [-0.39, 0.29) is 5.78 Å². The second-order valence-electron chi connectivity index (χ2n) is 6.15. The Hall–Kier alpha value is -2.43.